The van der Waals surface area contributed by atoms with E-state index in [4.69, 9.17) is 4.74 Å². The first kappa shape index (κ1) is 17.5. The van der Waals surface area contributed by atoms with Crippen molar-refractivity contribution in [3.05, 3.63) is 34.6 Å². The van der Waals surface area contributed by atoms with Gasteiger partial charge in [0.25, 0.3) is 5.56 Å². The summed E-state index contributed by atoms with van der Waals surface area (Å²) in [5.74, 6) is 0.0677. The molecular weight excluding hydrogens is 320 g/mol. The van der Waals surface area contributed by atoms with Crippen LogP contribution in [0.3, 0.4) is 0 Å². The number of nitrogens with zero attached hydrogens (tertiary/aromatic N) is 3. The zero-order valence-corrected chi connectivity index (χ0v) is 14.3. The van der Waals surface area contributed by atoms with E-state index in [0.29, 0.717) is 30.4 Å². The minimum atomic E-state index is -0.111. The zero-order chi connectivity index (χ0) is 17.5. The van der Waals surface area contributed by atoms with E-state index in [1.54, 1.807) is 12.1 Å². The van der Waals surface area contributed by atoms with Crippen LogP contribution >= 0.6 is 0 Å². The lowest BCUT2D eigenvalue weighted by Gasteiger charge is -2.10. The third-order valence-electron chi connectivity index (χ3n) is 4.45. The summed E-state index contributed by atoms with van der Waals surface area (Å²) in [6, 6.07) is 7.21. The molecule has 1 aromatic carbocycles. The van der Waals surface area contributed by atoms with E-state index in [0.717, 1.165) is 38.7 Å². The molecule has 134 valence electrons. The average Bonchev–Trinajstić information content (AvgIpc) is 3.15. The van der Waals surface area contributed by atoms with E-state index in [-0.39, 0.29) is 17.6 Å². The van der Waals surface area contributed by atoms with Crippen LogP contribution in [0.25, 0.3) is 10.9 Å². The van der Waals surface area contributed by atoms with E-state index in [9.17, 15) is 9.59 Å². The van der Waals surface area contributed by atoms with Gasteiger partial charge >= 0.3 is 0 Å². The second-order valence-electron chi connectivity index (χ2n) is 6.38. The number of ether oxygens (including phenoxy) is 1. The number of hydrogen-bond donors (Lipinski definition) is 1. The maximum absolute atomic E-state index is 12.3. The van der Waals surface area contributed by atoms with Gasteiger partial charge < -0.3 is 10.1 Å². The van der Waals surface area contributed by atoms with Gasteiger partial charge in [0.2, 0.25) is 5.91 Å². The van der Waals surface area contributed by atoms with Gasteiger partial charge in [-0.1, -0.05) is 23.8 Å². The number of carbonyl (C=O) groups excluding carboxylic acids is 1. The van der Waals surface area contributed by atoms with Crippen molar-refractivity contribution in [1.82, 2.24) is 20.3 Å². The molecule has 2 aromatic rings. The van der Waals surface area contributed by atoms with E-state index in [2.05, 4.69) is 15.6 Å². The first-order valence-corrected chi connectivity index (χ1v) is 8.95. The molecule has 1 unspecified atom stereocenters. The van der Waals surface area contributed by atoms with Crippen LogP contribution in [0.5, 0.6) is 0 Å². The van der Waals surface area contributed by atoms with E-state index < -0.39 is 0 Å². The number of amides is 1. The number of fused-ring (bicyclic) bond motifs is 1. The number of aromatic nitrogens is 3. The van der Waals surface area contributed by atoms with Gasteiger partial charge in [-0.15, -0.1) is 5.10 Å². The Balaban J connectivity index is 1.36. The Morgan fingerprint density at radius 1 is 1.28 bits per heavy atom. The number of carbonyl (C=O) groups is 1. The van der Waals surface area contributed by atoms with Gasteiger partial charge in [0.15, 0.2) is 0 Å². The molecule has 0 spiro atoms. The van der Waals surface area contributed by atoms with Crippen molar-refractivity contribution in [2.45, 2.75) is 51.2 Å². The average molecular weight is 344 g/mol. The van der Waals surface area contributed by atoms with Gasteiger partial charge in [-0.05, 0) is 37.8 Å². The number of nitrogens with one attached hydrogen (secondary N) is 1. The molecule has 1 amide bonds. The summed E-state index contributed by atoms with van der Waals surface area (Å²) in [5.41, 5.74) is 0.506. The lowest BCUT2D eigenvalue weighted by atomic mass is 10.2. The fourth-order valence-electron chi connectivity index (χ4n) is 3.02. The van der Waals surface area contributed by atoms with Crippen LogP contribution in [0.1, 0.15) is 38.5 Å². The standard InChI is InChI=1S/C18H24N4O3/c23-17(19-13-14-7-6-12-25-14)10-2-1-5-11-22-18(24)15-8-3-4-9-16(15)20-21-22/h3-4,8-9,14H,1-2,5-7,10-13H2,(H,19,23). The van der Waals surface area contributed by atoms with E-state index >= 15 is 0 Å². The molecule has 1 aromatic heterocycles. The number of rotatable bonds is 8. The van der Waals surface area contributed by atoms with Crippen LogP contribution in [-0.2, 0) is 16.1 Å². The first-order valence-electron chi connectivity index (χ1n) is 8.95. The zero-order valence-electron chi connectivity index (χ0n) is 14.3. The molecule has 1 aliphatic rings. The maximum atomic E-state index is 12.3. The quantitative estimate of drug-likeness (QED) is 0.736. The summed E-state index contributed by atoms with van der Waals surface area (Å²) in [6.07, 6.45) is 5.26. The minimum absolute atomic E-state index is 0.0677. The van der Waals surface area contributed by atoms with E-state index in [1.165, 1.54) is 4.68 Å². The lowest BCUT2D eigenvalue weighted by Crippen LogP contribution is -2.31. The summed E-state index contributed by atoms with van der Waals surface area (Å²) in [7, 11) is 0. The van der Waals surface area contributed by atoms with Gasteiger partial charge in [-0.25, -0.2) is 4.68 Å². The molecule has 7 nitrogen and oxygen atoms in total. The summed E-state index contributed by atoms with van der Waals surface area (Å²) in [6.45, 7) is 1.94. The van der Waals surface area contributed by atoms with Crippen molar-refractivity contribution >= 4 is 16.8 Å². The second kappa shape index (κ2) is 8.71. The highest BCUT2D eigenvalue weighted by molar-refractivity contribution is 5.76. The number of aryl methyl sites for hydroxylation is 1. The predicted octanol–water partition coefficient (Wildman–Crippen LogP) is 1.65. The topological polar surface area (TPSA) is 86.1 Å². The molecule has 0 bridgehead atoms. The van der Waals surface area contributed by atoms with Crippen LogP contribution in [0, 0.1) is 0 Å². The third kappa shape index (κ3) is 4.85. The Morgan fingerprint density at radius 2 is 2.16 bits per heavy atom. The highest BCUT2D eigenvalue weighted by Gasteiger charge is 2.15. The molecule has 2 heterocycles. The van der Waals surface area contributed by atoms with Crippen LogP contribution < -0.4 is 10.9 Å². The van der Waals surface area contributed by atoms with Gasteiger partial charge in [0, 0.05) is 26.1 Å². The van der Waals surface area contributed by atoms with Crippen LogP contribution in [0.4, 0.5) is 0 Å². The highest BCUT2D eigenvalue weighted by atomic mass is 16.5. The lowest BCUT2D eigenvalue weighted by molar-refractivity contribution is -0.121. The Labute approximate surface area is 146 Å². The minimum Gasteiger partial charge on any atom is -0.376 e. The van der Waals surface area contributed by atoms with Gasteiger partial charge in [-0.3, -0.25) is 9.59 Å². The van der Waals surface area contributed by atoms with Crippen molar-refractivity contribution in [3.8, 4) is 0 Å². The first-order chi connectivity index (χ1) is 12.2. The normalized spacial score (nSPS) is 17.0. The summed E-state index contributed by atoms with van der Waals surface area (Å²) in [4.78, 5) is 24.1. The van der Waals surface area contributed by atoms with Crippen LogP contribution in [0.2, 0.25) is 0 Å². The van der Waals surface area contributed by atoms with Gasteiger partial charge in [0.1, 0.15) is 5.52 Å². The second-order valence-corrected chi connectivity index (χ2v) is 6.38. The molecule has 7 heteroatoms. The molecule has 1 fully saturated rings. The molecule has 0 saturated carbocycles. The molecular formula is C18H24N4O3. The summed E-state index contributed by atoms with van der Waals surface area (Å²) >= 11 is 0. The maximum Gasteiger partial charge on any atom is 0.277 e. The molecule has 3 rings (SSSR count). The molecule has 1 atom stereocenters. The number of benzene rings is 1. The SMILES string of the molecule is O=C(CCCCCn1nnc2ccccc2c1=O)NCC1CCCO1. The van der Waals surface area contributed by atoms with Crippen molar-refractivity contribution in [3.63, 3.8) is 0 Å². The molecule has 0 radical (unpaired) electrons. The highest BCUT2D eigenvalue weighted by Crippen LogP contribution is 2.10. The monoisotopic (exact) mass is 344 g/mol. The summed E-state index contributed by atoms with van der Waals surface area (Å²) in [5, 5.41) is 11.6. The van der Waals surface area contributed by atoms with E-state index in [1.807, 2.05) is 12.1 Å². The molecule has 0 aliphatic carbocycles. The predicted molar refractivity (Wildman–Crippen MR) is 94.2 cm³/mol. The van der Waals surface area contributed by atoms with Gasteiger partial charge in [-0.2, -0.15) is 0 Å². The van der Waals surface area contributed by atoms with Crippen LogP contribution in [-0.4, -0.2) is 40.2 Å². The van der Waals surface area contributed by atoms with Gasteiger partial charge in [0.05, 0.1) is 11.5 Å². The van der Waals surface area contributed by atoms with Crippen molar-refractivity contribution in [2.24, 2.45) is 0 Å². The Kier molecular flexibility index (Phi) is 6.11. The number of hydrogen-bond acceptors (Lipinski definition) is 5. The molecule has 1 saturated heterocycles. The third-order valence-corrected chi connectivity index (χ3v) is 4.45. The Hall–Kier alpha value is -2.28. The largest absolute Gasteiger partial charge is 0.376 e. The Bertz CT molecular complexity index is 768. The molecule has 1 N–H and O–H groups in total. The Morgan fingerprint density at radius 3 is 3.00 bits per heavy atom. The fourth-order valence-corrected chi connectivity index (χ4v) is 3.02. The van der Waals surface area contributed by atoms with Crippen LogP contribution in [0.15, 0.2) is 29.1 Å². The summed E-state index contributed by atoms with van der Waals surface area (Å²) < 4.78 is 6.88. The molecule has 1 aliphatic heterocycles. The van der Waals surface area contributed by atoms with Crippen molar-refractivity contribution < 1.29 is 9.53 Å². The van der Waals surface area contributed by atoms with Crippen molar-refractivity contribution in [2.75, 3.05) is 13.2 Å². The smallest absolute Gasteiger partial charge is 0.277 e. The fraction of sp³-hybridized carbons (Fsp3) is 0.556. The number of unbranched alkanes of at least 4 members (excludes halogenated alkanes) is 2. The van der Waals surface area contributed by atoms with Crippen molar-refractivity contribution in [1.29, 1.82) is 0 Å². The molecule has 25 heavy (non-hydrogen) atoms.